The smallest absolute Gasteiger partial charge is 0.156 e. The van der Waals surface area contributed by atoms with Gasteiger partial charge in [-0.15, -0.1) is 0 Å². The Balaban J connectivity index is 2.95. The lowest BCUT2D eigenvalue weighted by Gasteiger charge is -2.05. The number of aryl methyl sites for hydroxylation is 1. The van der Waals surface area contributed by atoms with Crippen molar-refractivity contribution in [3.8, 4) is 5.75 Å². The molecule has 1 aromatic heterocycles. The molecule has 1 aromatic carbocycles. The molecule has 0 bridgehead atoms. The summed E-state index contributed by atoms with van der Waals surface area (Å²) in [7, 11) is 0. The van der Waals surface area contributed by atoms with Gasteiger partial charge in [0.1, 0.15) is 5.75 Å². The highest BCUT2D eigenvalue weighted by Crippen LogP contribution is 2.30. The topological polar surface area (TPSA) is 33.1 Å². The van der Waals surface area contributed by atoms with E-state index >= 15 is 0 Å². The Kier molecular flexibility index (Phi) is 2.15. The number of benzene rings is 1. The standard InChI is InChI=1S/C10H7BrFNO/c1-5-2-6(14)3-8-9(5)10(11)7(12)4-13-8/h2-4,14H,1H3. The second kappa shape index (κ2) is 3.20. The molecule has 0 spiro atoms. The number of hydrogen-bond acceptors (Lipinski definition) is 2. The van der Waals surface area contributed by atoms with Crippen molar-refractivity contribution in [3.05, 3.63) is 34.2 Å². The normalized spacial score (nSPS) is 10.8. The van der Waals surface area contributed by atoms with Crippen LogP contribution in [0.5, 0.6) is 5.75 Å². The maximum atomic E-state index is 13.2. The van der Waals surface area contributed by atoms with Crippen molar-refractivity contribution in [2.24, 2.45) is 0 Å². The number of pyridine rings is 1. The molecule has 72 valence electrons. The van der Waals surface area contributed by atoms with E-state index in [1.54, 1.807) is 13.0 Å². The molecule has 14 heavy (non-hydrogen) atoms. The van der Waals surface area contributed by atoms with Gasteiger partial charge < -0.3 is 5.11 Å². The van der Waals surface area contributed by atoms with Crippen LogP contribution >= 0.6 is 15.9 Å². The van der Waals surface area contributed by atoms with Crippen molar-refractivity contribution in [1.82, 2.24) is 4.98 Å². The van der Waals surface area contributed by atoms with Gasteiger partial charge in [-0.2, -0.15) is 0 Å². The largest absolute Gasteiger partial charge is 0.508 e. The van der Waals surface area contributed by atoms with Crippen LogP contribution in [0.25, 0.3) is 10.9 Å². The van der Waals surface area contributed by atoms with Crippen LogP contribution in [-0.2, 0) is 0 Å². The van der Waals surface area contributed by atoms with Crippen LogP contribution in [-0.4, -0.2) is 10.1 Å². The molecular weight excluding hydrogens is 249 g/mol. The highest BCUT2D eigenvalue weighted by Gasteiger charge is 2.09. The Bertz CT molecular complexity index is 513. The molecule has 0 amide bonds. The third-order valence-electron chi connectivity index (χ3n) is 2.05. The van der Waals surface area contributed by atoms with Crippen molar-refractivity contribution in [2.45, 2.75) is 6.92 Å². The monoisotopic (exact) mass is 255 g/mol. The van der Waals surface area contributed by atoms with Crippen LogP contribution in [0.1, 0.15) is 5.56 Å². The highest BCUT2D eigenvalue weighted by atomic mass is 79.9. The van der Waals surface area contributed by atoms with E-state index < -0.39 is 5.82 Å². The van der Waals surface area contributed by atoms with E-state index in [-0.39, 0.29) is 5.75 Å². The third kappa shape index (κ3) is 1.35. The minimum Gasteiger partial charge on any atom is -0.508 e. The molecule has 1 N–H and O–H groups in total. The zero-order valence-electron chi connectivity index (χ0n) is 7.38. The summed E-state index contributed by atoms with van der Waals surface area (Å²) in [6, 6.07) is 3.08. The molecule has 0 saturated carbocycles. The Morgan fingerprint density at radius 3 is 2.86 bits per heavy atom. The fourth-order valence-electron chi connectivity index (χ4n) is 1.44. The van der Waals surface area contributed by atoms with E-state index in [2.05, 4.69) is 20.9 Å². The lowest BCUT2D eigenvalue weighted by molar-refractivity contribution is 0.475. The number of aromatic nitrogens is 1. The molecule has 0 fully saturated rings. The lowest BCUT2D eigenvalue weighted by atomic mass is 10.1. The van der Waals surface area contributed by atoms with Crippen molar-refractivity contribution >= 4 is 26.8 Å². The van der Waals surface area contributed by atoms with E-state index in [0.717, 1.165) is 11.8 Å². The molecule has 0 aliphatic rings. The van der Waals surface area contributed by atoms with Crippen LogP contribution in [0.15, 0.2) is 22.8 Å². The Morgan fingerprint density at radius 1 is 1.43 bits per heavy atom. The number of nitrogens with zero attached hydrogens (tertiary/aromatic N) is 1. The van der Waals surface area contributed by atoms with Gasteiger partial charge in [-0.3, -0.25) is 4.98 Å². The average molecular weight is 256 g/mol. The van der Waals surface area contributed by atoms with Crippen LogP contribution in [0.2, 0.25) is 0 Å². The Labute approximate surface area is 88.5 Å². The molecule has 0 radical (unpaired) electrons. The lowest BCUT2D eigenvalue weighted by Crippen LogP contribution is -1.88. The summed E-state index contributed by atoms with van der Waals surface area (Å²) < 4.78 is 13.5. The first-order valence-corrected chi connectivity index (χ1v) is 4.82. The van der Waals surface area contributed by atoms with Crippen molar-refractivity contribution in [3.63, 3.8) is 0 Å². The maximum Gasteiger partial charge on any atom is 0.156 e. The summed E-state index contributed by atoms with van der Waals surface area (Å²) in [5, 5.41) is 10.0. The van der Waals surface area contributed by atoms with Crippen molar-refractivity contribution < 1.29 is 9.50 Å². The van der Waals surface area contributed by atoms with Gasteiger partial charge in [0.25, 0.3) is 0 Å². The Hall–Kier alpha value is -1.16. The van der Waals surface area contributed by atoms with E-state index in [9.17, 15) is 9.50 Å². The number of rotatable bonds is 0. The van der Waals surface area contributed by atoms with E-state index in [1.165, 1.54) is 6.07 Å². The molecule has 2 aromatic rings. The van der Waals surface area contributed by atoms with Gasteiger partial charge in [0, 0.05) is 11.5 Å². The summed E-state index contributed by atoms with van der Waals surface area (Å²) in [5.41, 5.74) is 1.37. The zero-order chi connectivity index (χ0) is 10.3. The van der Waals surface area contributed by atoms with Gasteiger partial charge in [0.15, 0.2) is 5.82 Å². The third-order valence-corrected chi connectivity index (χ3v) is 2.82. The fraction of sp³-hybridized carbons (Fsp3) is 0.100. The summed E-state index contributed by atoms with van der Waals surface area (Å²) in [6.45, 7) is 1.80. The first kappa shape index (κ1) is 9.40. The van der Waals surface area contributed by atoms with Crippen molar-refractivity contribution in [2.75, 3.05) is 0 Å². The molecule has 0 unspecified atom stereocenters. The van der Waals surface area contributed by atoms with E-state index in [0.29, 0.717) is 15.4 Å². The summed E-state index contributed by atoms with van der Waals surface area (Å²) in [5.74, 6) is -0.257. The van der Waals surface area contributed by atoms with Crippen molar-refractivity contribution in [1.29, 1.82) is 0 Å². The maximum absolute atomic E-state index is 13.2. The molecule has 0 atom stereocenters. The Morgan fingerprint density at radius 2 is 2.14 bits per heavy atom. The fourth-order valence-corrected chi connectivity index (χ4v) is 2.06. The summed E-state index contributed by atoms with van der Waals surface area (Å²) >= 11 is 3.16. The molecule has 0 saturated heterocycles. The highest BCUT2D eigenvalue weighted by molar-refractivity contribution is 9.10. The van der Waals surface area contributed by atoms with Gasteiger partial charge in [-0.25, -0.2) is 4.39 Å². The van der Waals surface area contributed by atoms with Crippen LogP contribution in [0, 0.1) is 12.7 Å². The van der Waals surface area contributed by atoms with Gasteiger partial charge in [0.2, 0.25) is 0 Å². The number of hydrogen-bond donors (Lipinski definition) is 1. The summed E-state index contributed by atoms with van der Waals surface area (Å²) in [6.07, 6.45) is 1.13. The van der Waals surface area contributed by atoms with E-state index in [1.807, 2.05) is 0 Å². The van der Waals surface area contributed by atoms with Gasteiger partial charge in [-0.1, -0.05) is 0 Å². The second-order valence-corrected chi connectivity index (χ2v) is 3.87. The molecule has 2 nitrogen and oxygen atoms in total. The van der Waals surface area contributed by atoms with Gasteiger partial charge in [0.05, 0.1) is 16.2 Å². The predicted octanol–water partition coefficient (Wildman–Crippen LogP) is 3.15. The van der Waals surface area contributed by atoms with Crippen LogP contribution in [0.4, 0.5) is 4.39 Å². The minimum atomic E-state index is -0.397. The second-order valence-electron chi connectivity index (χ2n) is 3.08. The number of fused-ring (bicyclic) bond motifs is 1. The predicted molar refractivity (Wildman–Crippen MR) is 55.8 cm³/mol. The molecule has 2 rings (SSSR count). The summed E-state index contributed by atoms with van der Waals surface area (Å²) in [4.78, 5) is 3.90. The minimum absolute atomic E-state index is 0.140. The van der Waals surface area contributed by atoms with Gasteiger partial charge >= 0.3 is 0 Å². The van der Waals surface area contributed by atoms with E-state index in [4.69, 9.17) is 0 Å². The molecular formula is C10H7BrFNO. The molecule has 1 heterocycles. The molecule has 0 aliphatic carbocycles. The van der Waals surface area contributed by atoms with Gasteiger partial charge in [-0.05, 0) is 34.5 Å². The van der Waals surface area contributed by atoms with Crippen LogP contribution < -0.4 is 0 Å². The number of phenols is 1. The number of phenolic OH excluding ortho intramolecular Hbond substituents is 1. The molecule has 0 aliphatic heterocycles. The molecule has 4 heteroatoms. The first-order valence-electron chi connectivity index (χ1n) is 4.03. The first-order chi connectivity index (χ1) is 6.59. The SMILES string of the molecule is Cc1cc(O)cc2ncc(F)c(Br)c12. The number of halogens is 2. The van der Waals surface area contributed by atoms with Crippen LogP contribution in [0.3, 0.4) is 0 Å². The number of aromatic hydroxyl groups is 1. The zero-order valence-corrected chi connectivity index (χ0v) is 8.97. The quantitative estimate of drug-likeness (QED) is 0.785. The average Bonchev–Trinajstić information content (AvgIpc) is 2.10.